The van der Waals surface area contributed by atoms with Gasteiger partial charge in [0.2, 0.25) is 0 Å². The van der Waals surface area contributed by atoms with E-state index in [0.717, 1.165) is 24.5 Å². The van der Waals surface area contributed by atoms with Gasteiger partial charge in [-0.15, -0.1) is 0 Å². The lowest BCUT2D eigenvalue weighted by Gasteiger charge is -2.18. The molecule has 0 N–H and O–H groups in total. The zero-order chi connectivity index (χ0) is 13.8. The van der Waals surface area contributed by atoms with Gasteiger partial charge in [0.15, 0.2) is 5.76 Å². The Morgan fingerprint density at radius 1 is 1.25 bits per heavy atom. The van der Waals surface area contributed by atoms with Crippen LogP contribution in [0.4, 0.5) is 0 Å². The predicted molar refractivity (Wildman–Crippen MR) is 76.2 cm³/mol. The third-order valence-electron chi connectivity index (χ3n) is 4.06. The number of furan rings is 1. The molecule has 1 saturated carbocycles. The molecule has 0 aromatic carbocycles. The number of rotatable bonds is 5. The van der Waals surface area contributed by atoms with Gasteiger partial charge in [-0.2, -0.15) is 0 Å². The first-order chi connectivity index (χ1) is 9.81. The van der Waals surface area contributed by atoms with Gasteiger partial charge in [-0.25, -0.2) is 0 Å². The van der Waals surface area contributed by atoms with Gasteiger partial charge in [0, 0.05) is 24.1 Å². The van der Waals surface area contributed by atoms with Crippen LogP contribution in [0.5, 0.6) is 0 Å². The van der Waals surface area contributed by atoms with Crippen molar-refractivity contribution in [2.45, 2.75) is 51.1 Å². The van der Waals surface area contributed by atoms with E-state index in [1.54, 1.807) is 12.5 Å². The number of hydrogen-bond donors (Lipinski definition) is 0. The van der Waals surface area contributed by atoms with Crippen LogP contribution in [-0.2, 0) is 13.1 Å². The average Bonchev–Trinajstić information content (AvgIpc) is 3.11. The first-order valence-corrected chi connectivity index (χ1v) is 7.46. The summed E-state index contributed by atoms with van der Waals surface area (Å²) in [4.78, 5) is 2.20. The summed E-state index contributed by atoms with van der Waals surface area (Å²) in [7, 11) is 2.08. The van der Waals surface area contributed by atoms with Crippen molar-refractivity contribution in [3.8, 4) is 0 Å². The molecule has 0 aliphatic heterocycles. The van der Waals surface area contributed by atoms with E-state index in [1.807, 2.05) is 6.07 Å². The molecule has 2 heterocycles. The van der Waals surface area contributed by atoms with Crippen molar-refractivity contribution in [3.05, 3.63) is 41.7 Å². The van der Waals surface area contributed by atoms with E-state index < -0.39 is 0 Å². The van der Waals surface area contributed by atoms with Gasteiger partial charge in [-0.3, -0.25) is 4.90 Å². The van der Waals surface area contributed by atoms with Gasteiger partial charge in [0.05, 0.1) is 24.8 Å². The molecule has 3 rings (SSSR count). The number of nitrogens with zero attached hydrogens (tertiary/aromatic N) is 2. The Balaban J connectivity index is 1.56. The van der Waals surface area contributed by atoms with E-state index in [1.165, 1.54) is 37.7 Å². The fourth-order valence-corrected chi connectivity index (χ4v) is 3.01. The summed E-state index contributed by atoms with van der Waals surface area (Å²) in [5.41, 5.74) is 2.33. The van der Waals surface area contributed by atoms with Gasteiger partial charge in [-0.1, -0.05) is 24.4 Å². The fourth-order valence-electron chi connectivity index (χ4n) is 3.01. The van der Waals surface area contributed by atoms with Gasteiger partial charge in [0.25, 0.3) is 0 Å². The van der Waals surface area contributed by atoms with Gasteiger partial charge >= 0.3 is 0 Å². The van der Waals surface area contributed by atoms with Gasteiger partial charge < -0.3 is 8.94 Å². The van der Waals surface area contributed by atoms with Crippen molar-refractivity contribution in [1.82, 2.24) is 10.1 Å². The molecule has 1 fully saturated rings. The molecule has 2 aromatic heterocycles. The van der Waals surface area contributed by atoms with Crippen LogP contribution in [0.2, 0.25) is 0 Å². The SMILES string of the molecule is CN(Cc1ccoc1)Cc1cc(C2CCCCC2)no1. The van der Waals surface area contributed by atoms with Crippen molar-refractivity contribution < 1.29 is 8.94 Å². The van der Waals surface area contributed by atoms with E-state index in [9.17, 15) is 0 Å². The quantitative estimate of drug-likeness (QED) is 0.828. The molecule has 0 radical (unpaired) electrons. The summed E-state index contributed by atoms with van der Waals surface area (Å²) in [6.45, 7) is 1.64. The minimum atomic E-state index is 0.612. The van der Waals surface area contributed by atoms with Crippen LogP contribution >= 0.6 is 0 Å². The minimum Gasteiger partial charge on any atom is -0.472 e. The topological polar surface area (TPSA) is 42.4 Å². The minimum absolute atomic E-state index is 0.612. The monoisotopic (exact) mass is 274 g/mol. The summed E-state index contributed by atoms with van der Waals surface area (Å²) in [5.74, 6) is 1.57. The van der Waals surface area contributed by atoms with Crippen LogP contribution in [0, 0.1) is 0 Å². The zero-order valence-electron chi connectivity index (χ0n) is 12.0. The number of aromatic nitrogens is 1. The Hall–Kier alpha value is -1.55. The molecule has 4 nitrogen and oxygen atoms in total. The van der Waals surface area contributed by atoms with Crippen molar-refractivity contribution in [1.29, 1.82) is 0 Å². The second-order valence-electron chi connectivity index (χ2n) is 5.86. The third kappa shape index (κ3) is 3.31. The molecule has 0 unspecified atom stereocenters. The van der Waals surface area contributed by atoms with Crippen LogP contribution < -0.4 is 0 Å². The van der Waals surface area contributed by atoms with E-state index >= 15 is 0 Å². The second-order valence-corrected chi connectivity index (χ2v) is 5.86. The standard InChI is InChI=1S/C16H22N2O2/c1-18(10-13-7-8-19-12-13)11-15-9-16(17-20-15)14-5-3-2-4-6-14/h7-9,12,14H,2-6,10-11H2,1H3. The molecule has 1 aliphatic carbocycles. The lowest BCUT2D eigenvalue weighted by molar-refractivity contribution is 0.263. The maximum atomic E-state index is 5.49. The predicted octanol–water partition coefficient (Wildman–Crippen LogP) is 3.95. The Kier molecular flexibility index (Phi) is 4.21. The molecule has 0 amide bonds. The lowest BCUT2D eigenvalue weighted by Crippen LogP contribution is -2.16. The number of hydrogen-bond acceptors (Lipinski definition) is 4. The summed E-state index contributed by atoms with van der Waals surface area (Å²) in [6.07, 6.45) is 10.0. The van der Waals surface area contributed by atoms with E-state index in [2.05, 4.69) is 23.2 Å². The molecule has 4 heteroatoms. The highest BCUT2D eigenvalue weighted by Crippen LogP contribution is 2.32. The molecular formula is C16H22N2O2. The third-order valence-corrected chi connectivity index (χ3v) is 4.06. The van der Waals surface area contributed by atoms with Crippen LogP contribution in [0.25, 0.3) is 0 Å². The molecule has 0 saturated heterocycles. The smallest absolute Gasteiger partial charge is 0.150 e. The van der Waals surface area contributed by atoms with E-state index in [4.69, 9.17) is 8.94 Å². The summed E-state index contributed by atoms with van der Waals surface area (Å²) in [5, 5.41) is 4.27. The van der Waals surface area contributed by atoms with E-state index in [0.29, 0.717) is 5.92 Å². The highest BCUT2D eigenvalue weighted by atomic mass is 16.5. The summed E-state index contributed by atoms with van der Waals surface area (Å²) in [6, 6.07) is 4.13. The molecule has 20 heavy (non-hydrogen) atoms. The van der Waals surface area contributed by atoms with Gasteiger partial charge in [0.1, 0.15) is 0 Å². The molecular weight excluding hydrogens is 252 g/mol. The van der Waals surface area contributed by atoms with Crippen molar-refractivity contribution in [3.63, 3.8) is 0 Å². The Labute approximate surface area is 119 Å². The lowest BCUT2D eigenvalue weighted by atomic mass is 9.87. The van der Waals surface area contributed by atoms with Crippen molar-refractivity contribution >= 4 is 0 Å². The largest absolute Gasteiger partial charge is 0.472 e. The normalized spacial score (nSPS) is 16.9. The first kappa shape index (κ1) is 13.4. The fraction of sp³-hybridized carbons (Fsp3) is 0.562. The van der Waals surface area contributed by atoms with Gasteiger partial charge in [-0.05, 0) is 26.0 Å². The van der Waals surface area contributed by atoms with Crippen LogP contribution in [0.1, 0.15) is 55.0 Å². The van der Waals surface area contributed by atoms with E-state index in [-0.39, 0.29) is 0 Å². The molecule has 2 aromatic rings. The summed E-state index contributed by atoms with van der Waals surface area (Å²) < 4.78 is 10.6. The molecule has 0 bridgehead atoms. The Bertz CT molecular complexity index is 512. The Morgan fingerprint density at radius 3 is 2.85 bits per heavy atom. The average molecular weight is 274 g/mol. The molecule has 0 spiro atoms. The zero-order valence-corrected chi connectivity index (χ0v) is 12.0. The molecule has 108 valence electrons. The highest BCUT2D eigenvalue weighted by molar-refractivity contribution is 5.12. The second kappa shape index (κ2) is 6.27. The van der Waals surface area contributed by atoms with Crippen LogP contribution in [0.15, 0.2) is 33.6 Å². The Morgan fingerprint density at radius 2 is 2.10 bits per heavy atom. The highest BCUT2D eigenvalue weighted by Gasteiger charge is 2.19. The van der Waals surface area contributed by atoms with Crippen molar-refractivity contribution in [2.75, 3.05) is 7.05 Å². The molecule has 1 aliphatic rings. The van der Waals surface area contributed by atoms with Crippen molar-refractivity contribution in [2.24, 2.45) is 0 Å². The van der Waals surface area contributed by atoms with Crippen LogP contribution in [0.3, 0.4) is 0 Å². The maximum absolute atomic E-state index is 5.49. The summed E-state index contributed by atoms with van der Waals surface area (Å²) >= 11 is 0. The maximum Gasteiger partial charge on any atom is 0.150 e. The first-order valence-electron chi connectivity index (χ1n) is 7.46. The van der Waals surface area contributed by atoms with Crippen LogP contribution in [-0.4, -0.2) is 17.1 Å². The molecule has 0 atom stereocenters.